The van der Waals surface area contributed by atoms with Gasteiger partial charge in [-0.15, -0.1) is 43.7 Å². The second kappa shape index (κ2) is 23.8. The summed E-state index contributed by atoms with van der Waals surface area (Å²) in [6.45, 7) is 1.79. The van der Waals surface area contributed by atoms with Gasteiger partial charge in [0.25, 0.3) is 20.2 Å². The number of phenols is 1. The third kappa shape index (κ3) is 12.2. The maximum Gasteiger partial charge on any atom is 0.295 e. The van der Waals surface area contributed by atoms with Crippen molar-refractivity contribution in [2.75, 3.05) is 21.3 Å². The van der Waals surface area contributed by atoms with Gasteiger partial charge in [-0.2, -0.15) is 31.9 Å². The summed E-state index contributed by atoms with van der Waals surface area (Å²) in [4.78, 5) is 0.683. The van der Waals surface area contributed by atoms with E-state index in [0.29, 0.717) is 78.1 Å². The highest BCUT2D eigenvalue weighted by Crippen LogP contribution is 2.47. The third-order valence-corrected chi connectivity index (χ3v) is 14.9. The lowest BCUT2D eigenvalue weighted by Crippen LogP contribution is -2.04. The Kier molecular flexibility index (Phi) is 16.9. The highest BCUT2D eigenvalue weighted by atomic mass is 32.2. The van der Waals surface area contributed by atoms with E-state index in [1.807, 2.05) is 0 Å². The fourth-order valence-electron chi connectivity index (χ4n) is 7.84. The second-order valence-electron chi connectivity index (χ2n) is 16.0. The Morgan fingerprint density at radius 3 is 1.76 bits per heavy atom. The van der Waals surface area contributed by atoms with E-state index in [1.165, 1.54) is 63.8 Å². The summed E-state index contributed by atoms with van der Waals surface area (Å²) in [6.07, 6.45) is 0. The van der Waals surface area contributed by atoms with Gasteiger partial charge >= 0.3 is 0 Å². The molecule has 0 saturated carbocycles. The van der Waals surface area contributed by atoms with E-state index in [4.69, 9.17) is 34.3 Å². The van der Waals surface area contributed by atoms with Crippen LogP contribution in [0.4, 0.5) is 34.1 Å². The van der Waals surface area contributed by atoms with Crippen molar-refractivity contribution in [2.24, 2.45) is 30.7 Å². The average Bonchev–Trinajstić information content (AvgIpc) is 4.15. The Hall–Kier alpha value is -7.55. The lowest BCUT2D eigenvalue weighted by molar-refractivity contribution is -0.432. The van der Waals surface area contributed by atoms with Gasteiger partial charge in [0.05, 0.1) is 84.3 Å². The van der Waals surface area contributed by atoms with E-state index in [0.717, 1.165) is 34.9 Å². The second-order valence-corrected chi connectivity index (χ2v) is 21.0. The van der Waals surface area contributed by atoms with Gasteiger partial charge < -0.3 is 19.3 Å². The van der Waals surface area contributed by atoms with Crippen molar-refractivity contribution in [3.63, 3.8) is 0 Å². The van der Waals surface area contributed by atoms with E-state index in [2.05, 4.69) is 64.7 Å². The maximum atomic E-state index is 12.3. The number of aryl methyl sites for hydroxylation is 1. The number of aromatic hydroxyl groups is 1. The molecule has 0 aliphatic carbocycles. The molecule has 9 rings (SSSR count). The van der Waals surface area contributed by atoms with Crippen LogP contribution in [0.3, 0.4) is 0 Å². The molecule has 0 amide bonds. The van der Waals surface area contributed by atoms with E-state index in [9.17, 15) is 31.0 Å². The summed E-state index contributed by atoms with van der Waals surface area (Å²) >= 11 is 1.92. The summed E-state index contributed by atoms with van der Waals surface area (Å²) in [5.74, 6) is 0.237. The van der Waals surface area contributed by atoms with Crippen LogP contribution in [0.5, 0.6) is 23.0 Å². The van der Waals surface area contributed by atoms with Crippen LogP contribution in [-0.4, -0.2) is 83.1 Å². The van der Waals surface area contributed by atoms with Crippen molar-refractivity contribution in [1.82, 2.24) is 15.0 Å². The van der Waals surface area contributed by atoms with Crippen LogP contribution in [0.15, 0.2) is 158 Å². The molecule has 0 unspecified atom stereocenters. The number of nitrogens with zero attached hydrogens (tertiary/aromatic N) is 9. The molecule has 0 saturated heterocycles. The molecule has 79 heavy (non-hydrogen) atoms. The number of rotatable bonds is 21. The molecule has 33 heteroatoms. The molecule has 1 heterocycles. The number of aromatic nitrogens is 3. The predicted octanol–water partition coefficient (Wildman–Crippen LogP) is 12.9. The number of benzene rings is 8. The molecule has 0 fully saturated rings. The number of ether oxygens (including phenoxy) is 3. The first-order valence-electron chi connectivity index (χ1n) is 21.8. The smallest absolute Gasteiger partial charge is 0.295 e. The Morgan fingerprint density at radius 2 is 1.11 bits per heavy atom. The van der Waals surface area contributed by atoms with Crippen LogP contribution in [0.2, 0.25) is 0 Å². The standard InChI is InChI=1S/C46H35N9O19S5/c1-22-11-35(38(66-2)19-34(22)48-47-25-5-7-29-23(12-25)14-27(75-72-69-57)16-41(29)76-73-70-58)49-50-36-20-40(68-4)37(21-39(36)67-3)51-52-45-42(77-74-71-59)15-24-13-26(6-8-30(24)46(45)56)55-53-33-10-9-31-32(44(33)54-55)17-28(78(60,61)62)18-43(31)79(63,64)65/h5-21,56-59H,1-4H3,(H,60,61,62)(H,63,64,65). The quantitative estimate of drug-likeness (QED) is 0.0128. The SMILES string of the molecule is COc1cc(N=Nc2ccc3c(SOOO)cc(SOOO)cc3c2)c(C)cc1N=Nc1cc(OC)c(N=Nc2c(SOOO)cc3cc(-n4nc5ccc6c(S(=O)(=O)O)cc(S(=O)(=O)O)cc6c5n4)ccc3c2O)cc1OC. The topological polar surface area (TPSA) is 378 Å². The Balaban J connectivity index is 0.992. The van der Waals surface area contributed by atoms with Gasteiger partial charge in [0.2, 0.25) is 0 Å². The molecule has 0 radical (unpaired) electrons. The van der Waals surface area contributed by atoms with E-state index >= 15 is 0 Å². The molecule has 0 atom stereocenters. The molecule has 9 aromatic rings. The molecular formula is C46H35N9O19S5. The summed E-state index contributed by atoms with van der Waals surface area (Å²) in [5.41, 5.74) is 2.56. The summed E-state index contributed by atoms with van der Waals surface area (Å²) in [6, 6.07) is 25.3. The minimum Gasteiger partial charge on any atom is -0.505 e. The zero-order valence-corrected chi connectivity index (χ0v) is 44.5. The molecule has 0 aliphatic rings. The first kappa shape index (κ1) is 56.2. The highest BCUT2D eigenvalue weighted by Gasteiger charge is 2.24. The Bertz CT molecular complexity index is 4190. The van der Waals surface area contributed by atoms with Crippen LogP contribution in [0, 0.1) is 6.92 Å². The molecule has 8 aromatic carbocycles. The average molecular weight is 1180 g/mol. The van der Waals surface area contributed by atoms with Gasteiger partial charge in [0.15, 0.2) is 5.75 Å². The normalized spacial score (nSPS) is 12.4. The minimum absolute atomic E-state index is 0.0143. The zero-order valence-electron chi connectivity index (χ0n) is 40.4. The van der Waals surface area contributed by atoms with Crippen LogP contribution in [0.25, 0.3) is 49.0 Å². The molecule has 6 N–H and O–H groups in total. The van der Waals surface area contributed by atoms with Gasteiger partial charge in [-0.25, -0.2) is 15.8 Å². The summed E-state index contributed by atoms with van der Waals surface area (Å²) < 4.78 is 99.2. The molecular weight excluding hydrogens is 1140 g/mol. The number of azo groups is 3. The number of hydrogen-bond acceptors (Lipinski definition) is 28. The van der Waals surface area contributed by atoms with E-state index in [-0.39, 0.29) is 60.6 Å². The maximum absolute atomic E-state index is 12.3. The van der Waals surface area contributed by atoms with Crippen molar-refractivity contribution < 1.29 is 89.1 Å². The number of methoxy groups -OCH3 is 3. The van der Waals surface area contributed by atoms with Gasteiger partial charge in [-0.05, 0) is 101 Å². The molecule has 0 aliphatic heterocycles. The van der Waals surface area contributed by atoms with Crippen LogP contribution < -0.4 is 14.2 Å². The molecule has 28 nitrogen and oxygen atoms in total. The first-order valence-corrected chi connectivity index (χ1v) is 26.9. The fraction of sp³-hybridized carbons (Fsp3) is 0.0870. The first-order chi connectivity index (χ1) is 37.9. The zero-order chi connectivity index (χ0) is 56.2. The van der Waals surface area contributed by atoms with Crippen LogP contribution >= 0.6 is 36.1 Å². The third-order valence-electron chi connectivity index (χ3n) is 11.4. The predicted molar refractivity (Wildman–Crippen MR) is 281 cm³/mol. The van der Waals surface area contributed by atoms with Gasteiger partial charge in [-0.1, -0.05) is 27.2 Å². The van der Waals surface area contributed by atoms with Crippen molar-refractivity contribution in [1.29, 1.82) is 0 Å². The van der Waals surface area contributed by atoms with Gasteiger partial charge in [0, 0.05) is 44.1 Å². The molecule has 0 bridgehead atoms. The van der Waals surface area contributed by atoms with Crippen molar-refractivity contribution in [3.8, 4) is 28.7 Å². The van der Waals surface area contributed by atoms with E-state index < -0.39 is 35.8 Å². The number of hydrogen-bond donors (Lipinski definition) is 6. The fourth-order valence-corrected chi connectivity index (χ4v) is 10.8. The monoisotopic (exact) mass is 1180 g/mol. The van der Waals surface area contributed by atoms with E-state index in [1.54, 1.807) is 55.5 Å². The van der Waals surface area contributed by atoms with Crippen LogP contribution in [0.1, 0.15) is 5.56 Å². The van der Waals surface area contributed by atoms with Crippen molar-refractivity contribution in [3.05, 3.63) is 109 Å². The molecule has 1 aromatic heterocycles. The van der Waals surface area contributed by atoms with Gasteiger partial charge in [0.1, 0.15) is 55.9 Å². The molecule has 408 valence electrons. The summed E-state index contributed by atoms with van der Waals surface area (Å²) in [5, 5.41) is 86.5. The number of fused-ring (bicyclic) bond motifs is 5. The lowest BCUT2D eigenvalue weighted by atomic mass is 10.1. The lowest BCUT2D eigenvalue weighted by Gasteiger charge is -2.11. The van der Waals surface area contributed by atoms with Crippen LogP contribution in [-0.2, 0) is 48.4 Å². The van der Waals surface area contributed by atoms with Gasteiger partial charge in [-0.3, -0.25) is 9.11 Å². The van der Waals surface area contributed by atoms with Crippen molar-refractivity contribution in [2.45, 2.75) is 31.4 Å². The van der Waals surface area contributed by atoms with Crippen molar-refractivity contribution >= 4 is 134 Å². The Labute approximate surface area is 456 Å². The Morgan fingerprint density at radius 1 is 0.532 bits per heavy atom. The highest BCUT2D eigenvalue weighted by molar-refractivity contribution is 7.95. The largest absolute Gasteiger partial charge is 0.505 e. The molecule has 0 spiro atoms. The number of phenolic OH excluding ortho intramolecular Hbond substituents is 1. The summed E-state index contributed by atoms with van der Waals surface area (Å²) in [7, 11) is -5.69. The minimum atomic E-state index is -4.97.